The fraction of sp³-hybridized carbons (Fsp3) is 0.583. The lowest BCUT2D eigenvalue weighted by Crippen LogP contribution is -2.40. The minimum absolute atomic E-state index is 0.110. The number of alkyl halides is 3. The molecule has 22 heavy (non-hydrogen) atoms. The third-order valence-corrected chi connectivity index (χ3v) is 4.98. The molecule has 1 aromatic rings. The van der Waals surface area contributed by atoms with Crippen LogP contribution in [0.25, 0.3) is 0 Å². The van der Waals surface area contributed by atoms with Gasteiger partial charge in [0.1, 0.15) is 10.7 Å². The molecule has 0 aromatic carbocycles. The Labute approximate surface area is 126 Å². The highest BCUT2D eigenvalue weighted by Gasteiger charge is 2.37. The van der Waals surface area contributed by atoms with Gasteiger partial charge in [-0.1, -0.05) is 0 Å². The summed E-state index contributed by atoms with van der Waals surface area (Å²) in [6.45, 7) is 2.52. The van der Waals surface area contributed by atoms with Crippen molar-refractivity contribution >= 4 is 15.8 Å². The Morgan fingerprint density at radius 2 is 2.00 bits per heavy atom. The van der Waals surface area contributed by atoms with Crippen LogP contribution in [0.1, 0.15) is 12.5 Å². The monoisotopic (exact) mass is 339 g/mol. The second kappa shape index (κ2) is 6.39. The average molecular weight is 339 g/mol. The quantitative estimate of drug-likeness (QED) is 0.901. The number of rotatable bonds is 4. The first kappa shape index (κ1) is 17.0. The van der Waals surface area contributed by atoms with Gasteiger partial charge in [0.05, 0.1) is 18.8 Å². The van der Waals surface area contributed by atoms with Crippen LogP contribution in [0.2, 0.25) is 0 Å². The zero-order valence-electron chi connectivity index (χ0n) is 11.9. The molecule has 0 atom stereocenters. The van der Waals surface area contributed by atoms with Crippen molar-refractivity contribution in [3.8, 4) is 0 Å². The minimum atomic E-state index is -4.69. The summed E-state index contributed by atoms with van der Waals surface area (Å²) in [4.78, 5) is 3.16. The summed E-state index contributed by atoms with van der Waals surface area (Å²) in [5.74, 6) is -0.379. The Bertz CT molecular complexity index is 628. The first-order valence-corrected chi connectivity index (χ1v) is 8.10. The molecule has 6 nitrogen and oxygen atoms in total. The topological polar surface area (TPSA) is 71.5 Å². The van der Waals surface area contributed by atoms with E-state index in [0.717, 1.165) is 10.5 Å². The van der Waals surface area contributed by atoms with Gasteiger partial charge >= 0.3 is 6.18 Å². The molecule has 2 heterocycles. The first-order valence-electron chi connectivity index (χ1n) is 6.66. The van der Waals surface area contributed by atoms with Crippen LogP contribution in [-0.2, 0) is 20.9 Å². The van der Waals surface area contributed by atoms with E-state index in [-0.39, 0.29) is 38.7 Å². The molecule has 0 aliphatic carbocycles. The summed E-state index contributed by atoms with van der Waals surface area (Å²) >= 11 is 0. The molecule has 1 aliphatic rings. The second-order valence-corrected chi connectivity index (χ2v) is 6.55. The molecule has 2 rings (SSSR count). The SMILES string of the molecule is CCNc1ncc(S(=O)(=O)N2CCOCC2)cc1C(F)(F)F. The van der Waals surface area contributed by atoms with Crippen molar-refractivity contribution in [1.29, 1.82) is 0 Å². The van der Waals surface area contributed by atoms with Gasteiger partial charge in [0, 0.05) is 25.8 Å². The molecule has 0 amide bonds. The summed E-state index contributed by atoms with van der Waals surface area (Å²) in [7, 11) is -4.01. The van der Waals surface area contributed by atoms with Gasteiger partial charge in [-0.05, 0) is 13.0 Å². The summed E-state index contributed by atoms with van der Waals surface area (Å²) in [5.41, 5.74) is -1.09. The van der Waals surface area contributed by atoms with Crippen LogP contribution in [0, 0.1) is 0 Å². The Hall–Kier alpha value is -1.39. The van der Waals surface area contributed by atoms with E-state index in [2.05, 4.69) is 10.3 Å². The van der Waals surface area contributed by atoms with Gasteiger partial charge in [0.25, 0.3) is 0 Å². The number of sulfonamides is 1. The van der Waals surface area contributed by atoms with E-state index in [0.29, 0.717) is 6.07 Å². The lowest BCUT2D eigenvalue weighted by molar-refractivity contribution is -0.137. The van der Waals surface area contributed by atoms with Crippen LogP contribution >= 0.6 is 0 Å². The molecule has 1 aromatic heterocycles. The van der Waals surface area contributed by atoms with Gasteiger partial charge in [-0.25, -0.2) is 13.4 Å². The van der Waals surface area contributed by atoms with E-state index in [1.54, 1.807) is 6.92 Å². The van der Waals surface area contributed by atoms with Crippen LogP contribution < -0.4 is 5.32 Å². The lowest BCUT2D eigenvalue weighted by Gasteiger charge is -2.26. The van der Waals surface area contributed by atoms with Crippen molar-refractivity contribution < 1.29 is 26.3 Å². The van der Waals surface area contributed by atoms with Gasteiger partial charge < -0.3 is 10.1 Å². The number of hydrogen-bond donors (Lipinski definition) is 1. The highest BCUT2D eigenvalue weighted by Crippen LogP contribution is 2.35. The van der Waals surface area contributed by atoms with Crippen molar-refractivity contribution in [1.82, 2.24) is 9.29 Å². The summed E-state index contributed by atoms with van der Waals surface area (Å²) in [6.07, 6.45) is -3.75. The molecule has 0 radical (unpaired) electrons. The zero-order chi connectivity index (χ0) is 16.4. The van der Waals surface area contributed by atoms with E-state index in [4.69, 9.17) is 4.74 Å². The standard InChI is InChI=1S/C12H16F3N3O3S/c1-2-16-11-10(12(13,14)15)7-9(8-17-11)22(19,20)18-3-5-21-6-4-18/h7-8H,2-6H2,1H3,(H,16,17). The summed E-state index contributed by atoms with van der Waals surface area (Å²) in [6, 6.07) is 0.621. The third-order valence-electron chi connectivity index (χ3n) is 3.12. The second-order valence-electron chi connectivity index (χ2n) is 4.61. The smallest absolute Gasteiger partial charge is 0.379 e. The van der Waals surface area contributed by atoms with Gasteiger partial charge in [0.2, 0.25) is 10.0 Å². The van der Waals surface area contributed by atoms with Crippen molar-refractivity contribution in [2.75, 3.05) is 38.2 Å². The first-order chi connectivity index (χ1) is 10.3. The number of nitrogens with zero attached hydrogens (tertiary/aromatic N) is 2. The van der Waals surface area contributed by atoms with E-state index in [1.807, 2.05) is 0 Å². The number of aromatic nitrogens is 1. The minimum Gasteiger partial charge on any atom is -0.379 e. The highest BCUT2D eigenvalue weighted by molar-refractivity contribution is 7.89. The number of morpholine rings is 1. The van der Waals surface area contributed by atoms with E-state index in [9.17, 15) is 21.6 Å². The van der Waals surface area contributed by atoms with E-state index < -0.39 is 26.7 Å². The molecule has 10 heteroatoms. The van der Waals surface area contributed by atoms with Crippen LogP contribution in [0.4, 0.5) is 19.0 Å². The van der Waals surface area contributed by atoms with Gasteiger partial charge in [-0.2, -0.15) is 17.5 Å². The zero-order valence-corrected chi connectivity index (χ0v) is 12.7. The van der Waals surface area contributed by atoms with E-state index >= 15 is 0 Å². The van der Waals surface area contributed by atoms with Crippen molar-refractivity contribution in [3.05, 3.63) is 17.8 Å². The Morgan fingerprint density at radius 1 is 1.36 bits per heavy atom. The van der Waals surface area contributed by atoms with Crippen molar-refractivity contribution in [2.24, 2.45) is 0 Å². The molecule has 1 N–H and O–H groups in total. The normalized spacial score (nSPS) is 17.5. The number of halogens is 3. The molecule has 0 unspecified atom stereocenters. The molecule has 124 valence electrons. The van der Waals surface area contributed by atoms with Gasteiger partial charge in [0.15, 0.2) is 0 Å². The molecule has 1 aliphatic heterocycles. The maximum absolute atomic E-state index is 13.1. The fourth-order valence-electron chi connectivity index (χ4n) is 2.05. The highest BCUT2D eigenvalue weighted by atomic mass is 32.2. The molecule has 0 bridgehead atoms. The Balaban J connectivity index is 2.43. The third kappa shape index (κ3) is 3.50. The number of pyridine rings is 1. The maximum atomic E-state index is 13.1. The number of nitrogens with one attached hydrogen (secondary N) is 1. The van der Waals surface area contributed by atoms with Crippen LogP contribution in [-0.4, -0.2) is 50.6 Å². The van der Waals surface area contributed by atoms with Crippen molar-refractivity contribution in [3.63, 3.8) is 0 Å². The molecule has 0 saturated carbocycles. The molecule has 0 spiro atoms. The molecular formula is C12H16F3N3O3S. The number of ether oxygens (including phenoxy) is 1. The van der Waals surface area contributed by atoms with Crippen molar-refractivity contribution in [2.45, 2.75) is 18.0 Å². The summed E-state index contributed by atoms with van der Waals surface area (Å²) < 4.78 is 70.1. The largest absolute Gasteiger partial charge is 0.419 e. The number of anilines is 1. The molecular weight excluding hydrogens is 323 g/mol. The fourth-order valence-corrected chi connectivity index (χ4v) is 3.43. The average Bonchev–Trinajstić information content (AvgIpc) is 2.47. The molecule has 1 fully saturated rings. The van der Waals surface area contributed by atoms with E-state index in [1.165, 1.54) is 0 Å². The predicted molar refractivity (Wildman–Crippen MR) is 73.0 cm³/mol. The van der Waals surface area contributed by atoms with Crippen LogP contribution in [0.15, 0.2) is 17.2 Å². The van der Waals surface area contributed by atoms with Gasteiger partial charge in [-0.15, -0.1) is 0 Å². The lowest BCUT2D eigenvalue weighted by atomic mass is 10.2. The van der Waals surface area contributed by atoms with Gasteiger partial charge in [-0.3, -0.25) is 0 Å². The summed E-state index contributed by atoms with van der Waals surface area (Å²) in [5, 5.41) is 2.48. The predicted octanol–water partition coefficient (Wildman–Crippen LogP) is 1.55. The van der Waals surface area contributed by atoms with Crippen LogP contribution in [0.3, 0.4) is 0 Å². The number of hydrogen-bond acceptors (Lipinski definition) is 5. The Morgan fingerprint density at radius 3 is 2.55 bits per heavy atom. The maximum Gasteiger partial charge on any atom is 0.419 e. The Kier molecular flexibility index (Phi) is 4.93. The molecule has 1 saturated heterocycles. The van der Waals surface area contributed by atoms with Crippen LogP contribution in [0.5, 0.6) is 0 Å².